The maximum Gasteiger partial charge on any atom is 0.269 e. The molecule has 1 aromatic rings. The third kappa shape index (κ3) is 3.25. The van der Waals surface area contributed by atoms with E-state index >= 15 is 0 Å². The Labute approximate surface area is 101 Å². The second-order valence-electron chi connectivity index (χ2n) is 4.52. The molecule has 1 aromatic carbocycles. The van der Waals surface area contributed by atoms with E-state index < -0.39 is 0 Å². The van der Waals surface area contributed by atoms with Crippen LogP contribution in [0.4, 0.5) is 5.69 Å². The fourth-order valence-corrected chi connectivity index (χ4v) is 2.18. The first-order valence-electron chi connectivity index (χ1n) is 5.84. The minimum atomic E-state index is -0.343. The lowest BCUT2D eigenvalue weighted by Gasteiger charge is -2.31. The van der Waals surface area contributed by atoms with Gasteiger partial charge in [-0.1, -0.05) is 12.1 Å². The fraction of sp³-hybridized carbons (Fsp3) is 0.500. The molecule has 5 nitrogen and oxygen atoms in total. The molecule has 0 aliphatic carbocycles. The molecule has 0 saturated carbocycles. The second-order valence-corrected chi connectivity index (χ2v) is 4.52. The Morgan fingerprint density at radius 1 is 1.59 bits per heavy atom. The maximum atomic E-state index is 10.7. The van der Waals surface area contributed by atoms with Crippen molar-refractivity contribution in [2.75, 3.05) is 19.6 Å². The molecule has 0 spiro atoms. The highest BCUT2D eigenvalue weighted by atomic mass is 16.6. The number of hydrogen-bond donors (Lipinski definition) is 1. The van der Waals surface area contributed by atoms with E-state index in [2.05, 4.69) is 17.1 Å². The second kappa shape index (κ2) is 5.25. The van der Waals surface area contributed by atoms with Crippen LogP contribution in [0, 0.1) is 10.1 Å². The number of benzene rings is 1. The first-order chi connectivity index (χ1) is 8.15. The van der Waals surface area contributed by atoms with Crippen molar-refractivity contribution in [3.8, 4) is 0 Å². The molecule has 1 atom stereocenters. The van der Waals surface area contributed by atoms with Crippen molar-refractivity contribution in [3.63, 3.8) is 0 Å². The molecule has 2 rings (SSSR count). The Kier molecular flexibility index (Phi) is 3.71. The first-order valence-corrected chi connectivity index (χ1v) is 5.84. The molecule has 5 heteroatoms. The van der Waals surface area contributed by atoms with Crippen molar-refractivity contribution in [2.45, 2.75) is 19.5 Å². The van der Waals surface area contributed by atoms with Crippen molar-refractivity contribution in [3.05, 3.63) is 39.9 Å². The van der Waals surface area contributed by atoms with Gasteiger partial charge in [0.25, 0.3) is 5.69 Å². The first kappa shape index (κ1) is 12.0. The summed E-state index contributed by atoms with van der Waals surface area (Å²) in [7, 11) is 0. The summed E-state index contributed by atoms with van der Waals surface area (Å²) >= 11 is 0. The summed E-state index contributed by atoms with van der Waals surface area (Å²) in [6.45, 7) is 5.90. The zero-order valence-electron chi connectivity index (χ0n) is 9.93. The SMILES string of the molecule is C[C@H]1CN(Cc2cccc([N+](=O)[O-])c2)CCN1. The summed E-state index contributed by atoms with van der Waals surface area (Å²) in [5.74, 6) is 0. The normalized spacial score (nSPS) is 21.4. The molecule has 92 valence electrons. The number of nitrogens with one attached hydrogen (secondary N) is 1. The predicted octanol–water partition coefficient (Wildman–Crippen LogP) is 1.39. The standard InChI is InChI=1S/C12H17N3O2/c1-10-8-14(6-5-13-10)9-11-3-2-4-12(7-11)15(16)17/h2-4,7,10,13H,5-6,8-9H2,1H3/t10-/m0/s1. The maximum absolute atomic E-state index is 10.7. The number of nitro groups is 1. The summed E-state index contributed by atoms with van der Waals surface area (Å²) < 4.78 is 0. The highest BCUT2D eigenvalue weighted by Gasteiger charge is 2.16. The zero-order valence-corrected chi connectivity index (χ0v) is 9.93. The fourth-order valence-electron chi connectivity index (χ4n) is 2.18. The van der Waals surface area contributed by atoms with E-state index in [0.717, 1.165) is 31.7 Å². The van der Waals surface area contributed by atoms with E-state index in [1.54, 1.807) is 12.1 Å². The van der Waals surface area contributed by atoms with Crippen LogP contribution >= 0.6 is 0 Å². The van der Waals surface area contributed by atoms with Gasteiger partial charge in [-0.25, -0.2) is 0 Å². The van der Waals surface area contributed by atoms with Crippen LogP contribution in [0.2, 0.25) is 0 Å². The van der Waals surface area contributed by atoms with Crippen LogP contribution in [0.5, 0.6) is 0 Å². The Bertz CT molecular complexity index is 408. The molecule has 0 bridgehead atoms. The summed E-state index contributed by atoms with van der Waals surface area (Å²) in [4.78, 5) is 12.7. The molecule has 1 heterocycles. The van der Waals surface area contributed by atoms with Crippen LogP contribution in [0.1, 0.15) is 12.5 Å². The van der Waals surface area contributed by atoms with Crippen LogP contribution in [0.15, 0.2) is 24.3 Å². The highest BCUT2D eigenvalue weighted by molar-refractivity contribution is 5.34. The van der Waals surface area contributed by atoms with E-state index in [-0.39, 0.29) is 10.6 Å². The minimum absolute atomic E-state index is 0.172. The average molecular weight is 235 g/mol. The van der Waals surface area contributed by atoms with Gasteiger partial charge >= 0.3 is 0 Å². The van der Waals surface area contributed by atoms with E-state index in [0.29, 0.717) is 6.04 Å². The molecule has 1 N–H and O–H groups in total. The Hall–Kier alpha value is -1.46. The van der Waals surface area contributed by atoms with Crippen LogP contribution in [0.3, 0.4) is 0 Å². The zero-order chi connectivity index (χ0) is 12.3. The van der Waals surface area contributed by atoms with Gasteiger partial charge in [0, 0.05) is 44.4 Å². The highest BCUT2D eigenvalue weighted by Crippen LogP contribution is 2.15. The van der Waals surface area contributed by atoms with Crippen molar-refractivity contribution in [1.82, 2.24) is 10.2 Å². The summed E-state index contributed by atoms with van der Waals surface area (Å²) in [6, 6.07) is 7.37. The smallest absolute Gasteiger partial charge is 0.269 e. The molecule has 0 radical (unpaired) electrons. The lowest BCUT2D eigenvalue weighted by molar-refractivity contribution is -0.384. The van der Waals surface area contributed by atoms with E-state index in [4.69, 9.17) is 0 Å². The van der Waals surface area contributed by atoms with Gasteiger partial charge in [-0.05, 0) is 12.5 Å². The monoisotopic (exact) mass is 235 g/mol. The van der Waals surface area contributed by atoms with Crippen molar-refractivity contribution < 1.29 is 4.92 Å². The number of piperazine rings is 1. The molecule has 17 heavy (non-hydrogen) atoms. The van der Waals surface area contributed by atoms with E-state index in [1.165, 1.54) is 6.07 Å². The summed E-state index contributed by atoms with van der Waals surface area (Å²) in [5, 5.41) is 14.1. The lowest BCUT2D eigenvalue weighted by atomic mass is 10.1. The minimum Gasteiger partial charge on any atom is -0.312 e. The van der Waals surface area contributed by atoms with Gasteiger partial charge in [0.2, 0.25) is 0 Å². The number of rotatable bonds is 3. The van der Waals surface area contributed by atoms with E-state index in [9.17, 15) is 10.1 Å². The molecule has 0 aromatic heterocycles. The molecule has 0 unspecified atom stereocenters. The molecule has 1 aliphatic heterocycles. The number of non-ortho nitro benzene ring substituents is 1. The third-order valence-electron chi connectivity index (χ3n) is 2.98. The topological polar surface area (TPSA) is 58.4 Å². The predicted molar refractivity (Wildman–Crippen MR) is 65.8 cm³/mol. The van der Waals surface area contributed by atoms with Crippen LogP contribution in [0.25, 0.3) is 0 Å². The van der Waals surface area contributed by atoms with Gasteiger partial charge < -0.3 is 5.32 Å². The van der Waals surface area contributed by atoms with Crippen LogP contribution in [-0.4, -0.2) is 35.5 Å². The van der Waals surface area contributed by atoms with Crippen LogP contribution in [-0.2, 0) is 6.54 Å². The van der Waals surface area contributed by atoms with Crippen molar-refractivity contribution in [2.24, 2.45) is 0 Å². The van der Waals surface area contributed by atoms with Gasteiger partial charge in [-0.15, -0.1) is 0 Å². The van der Waals surface area contributed by atoms with Gasteiger partial charge in [0.05, 0.1) is 4.92 Å². The van der Waals surface area contributed by atoms with Gasteiger partial charge in [0.1, 0.15) is 0 Å². The number of hydrogen-bond acceptors (Lipinski definition) is 4. The van der Waals surface area contributed by atoms with E-state index in [1.807, 2.05) is 6.07 Å². The third-order valence-corrected chi connectivity index (χ3v) is 2.98. The molecular weight excluding hydrogens is 218 g/mol. The molecule has 1 fully saturated rings. The summed E-state index contributed by atoms with van der Waals surface area (Å²) in [6.07, 6.45) is 0. The number of nitrogens with zero attached hydrogens (tertiary/aromatic N) is 2. The average Bonchev–Trinajstić information content (AvgIpc) is 2.29. The van der Waals surface area contributed by atoms with Gasteiger partial charge in [-0.3, -0.25) is 15.0 Å². The Morgan fingerprint density at radius 3 is 3.12 bits per heavy atom. The quantitative estimate of drug-likeness (QED) is 0.635. The van der Waals surface area contributed by atoms with Crippen LogP contribution < -0.4 is 5.32 Å². The summed E-state index contributed by atoms with van der Waals surface area (Å²) in [5.41, 5.74) is 1.18. The molecule has 1 aliphatic rings. The Balaban J connectivity index is 2.02. The van der Waals surface area contributed by atoms with Crippen molar-refractivity contribution in [1.29, 1.82) is 0 Å². The Morgan fingerprint density at radius 2 is 2.41 bits per heavy atom. The molecular formula is C12H17N3O2. The lowest BCUT2D eigenvalue weighted by Crippen LogP contribution is -2.48. The molecule has 0 amide bonds. The van der Waals surface area contributed by atoms with Gasteiger partial charge in [0.15, 0.2) is 0 Å². The van der Waals surface area contributed by atoms with Gasteiger partial charge in [-0.2, -0.15) is 0 Å². The largest absolute Gasteiger partial charge is 0.312 e. The number of nitro benzene ring substituents is 1. The molecule has 1 saturated heterocycles. The van der Waals surface area contributed by atoms with Crippen molar-refractivity contribution >= 4 is 5.69 Å².